The second-order valence-corrected chi connectivity index (χ2v) is 6.61. The molecule has 0 heterocycles. The maximum Gasteiger partial charge on any atom is 0.320 e. The number of carboxylic acid groups (broad SMARTS) is 2. The van der Waals surface area contributed by atoms with Gasteiger partial charge < -0.3 is 21.7 Å². The van der Waals surface area contributed by atoms with Crippen LogP contribution in [0.2, 0.25) is 0 Å². The first-order chi connectivity index (χ1) is 13.8. The quantitative estimate of drug-likeness (QED) is 0.374. The van der Waals surface area contributed by atoms with Gasteiger partial charge in [-0.15, -0.1) is 0 Å². The summed E-state index contributed by atoms with van der Waals surface area (Å²) in [6.07, 6.45) is 2.16. The molecule has 0 aromatic heterocycles. The van der Waals surface area contributed by atoms with Crippen LogP contribution in [-0.4, -0.2) is 40.5 Å². The molecule has 0 fully saturated rings. The summed E-state index contributed by atoms with van der Waals surface area (Å²) in [6, 6.07) is 15.0. The Morgan fingerprint density at radius 3 is 2.07 bits per heavy atom. The van der Waals surface area contributed by atoms with Gasteiger partial charge in [0.25, 0.3) is 0 Å². The van der Waals surface area contributed by atoms with Gasteiger partial charge in [0.1, 0.15) is 6.04 Å². The molecule has 0 amide bonds. The lowest BCUT2D eigenvalue weighted by molar-refractivity contribution is -0.139. The van der Waals surface area contributed by atoms with E-state index in [2.05, 4.69) is 0 Å². The molecule has 156 valence electrons. The first-order valence-corrected chi connectivity index (χ1v) is 9.38. The first-order valence-electron chi connectivity index (χ1n) is 9.38. The van der Waals surface area contributed by atoms with Gasteiger partial charge >= 0.3 is 11.9 Å². The molecule has 2 aromatic rings. The Labute approximate surface area is 170 Å². The number of hydrogen-bond donors (Lipinski definition) is 4. The first kappa shape index (κ1) is 24.0. The van der Waals surface area contributed by atoms with Crippen LogP contribution in [-0.2, 0) is 9.59 Å². The Kier molecular flexibility index (Phi) is 10.3. The summed E-state index contributed by atoms with van der Waals surface area (Å²) in [5.41, 5.74) is 12.2. The number of nitrogens with two attached hydrogens (primary N) is 2. The number of benzene rings is 2. The maximum absolute atomic E-state index is 12.2. The predicted octanol–water partition coefficient (Wildman–Crippen LogP) is 2.63. The van der Waals surface area contributed by atoms with Gasteiger partial charge in [-0.1, -0.05) is 55.0 Å². The smallest absolute Gasteiger partial charge is 0.320 e. The number of rotatable bonds is 9. The summed E-state index contributed by atoms with van der Waals surface area (Å²) >= 11 is 0. The molecule has 0 aliphatic carbocycles. The fourth-order valence-corrected chi connectivity index (χ4v) is 2.48. The zero-order valence-corrected chi connectivity index (χ0v) is 16.5. The molecule has 0 saturated heterocycles. The third-order valence-electron chi connectivity index (χ3n) is 4.34. The molecule has 0 saturated carbocycles. The van der Waals surface area contributed by atoms with Crippen molar-refractivity contribution in [3.63, 3.8) is 0 Å². The molecule has 6 N–H and O–H groups in total. The molecule has 0 spiro atoms. The van der Waals surface area contributed by atoms with Crippen molar-refractivity contribution in [1.82, 2.24) is 0 Å². The van der Waals surface area contributed by atoms with Crippen molar-refractivity contribution >= 4 is 17.7 Å². The predicted molar refractivity (Wildman–Crippen MR) is 111 cm³/mol. The molecule has 0 aliphatic heterocycles. The number of carbonyl (C=O) groups is 3. The van der Waals surface area contributed by atoms with Crippen molar-refractivity contribution in [2.45, 2.75) is 38.1 Å². The van der Waals surface area contributed by atoms with Crippen molar-refractivity contribution in [2.75, 3.05) is 6.54 Å². The molecule has 0 bridgehead atoms. The van der Waals surface area contributed by atoms with Crippen molar-refractivity contribution < 1.29 is 24.6 Å². The average Bonchev–Trinajstić information content (AvgIpc) is 2.73. The number of carboxylic acids is 2. The summed E-state index contributed by atoms with van der Waals surface area (Å²) in [4.78, 5) is 33.3. The molecule has 2 atom stereocenters. The van der Waals surface area contributed by atoms with Gasteiger partial charge in [0.2, 0.25) is 0 Å². The highest BCUT2D eigenvalue weighted by Gasteiger charge is 2.16. The normalized spacial score (nSPS) is 12.2. The van der Waals surface area contributed by atoms with Crippen LogP contribution in [0.1, 0.15) is 53.6 Å². The minimum atomic E-state index is -0.933. The highest BCUT2D eigenvalue weighted by atomic mass is 16.4. The van der Waals surface area contributed by atoms with Crippen molar-refractivity contribution in [3.05, 3.63) is 71.3 Å². The molecule has 2 rings (SSSR count). The topological polar surface area (TPSA) is 144 Å². The zero-order chi connectivity index (χ0) is 21.8. The van der Waals surface area contributed by atoms with Crippen molar-refractivity contribution in [2.24, 2.45) is 11.5 Å². The van der Waals surface area contributed by atoms with Crippen LogP contribution in [0.25, 0.3) is 0 Å². The van der Waals surface area contributed by atoms with E-state index in [9.17, 15) is 14.4 Å². The monoisotopic (exact) mass is 400 g/mol. The number of hydrogen-bond acceptors (Lipinski definition) is 5. The summed E-state index contributed by atoms with van der Waals surface area (Å²) in [7, 11) is 0. The molecule has 29 heavy (non-hydrogen) atoms. The van der Waals surface area contributed by atoms with Crippen LogP contribution >= 0.6 is 0 Å². The Morgan fingerprint density at radius 2 is 1.52 bits per heavy atom. The highest BCUT2D eigenvalue weighted by molar-refractivity contribution is 6.09. The highest BCUT2D eigenvalue weighted by Crippen LogP contribution is 2.18. The molecule has 0 unspecified atom stereocenters. The number of carbonyl (C=O) groups excluding carboxylic acids is 1. The second-order valence-electron chi connectivity index (χ2n) is 6.61. The largest absolute Gasteiger partial charge is 0.481 e. The van der Waals surface area contributed by atoms with E-state index in [0.717, 1.165) is 12.8 Å². The molecule has 0 radical (unpaired) electrons. The zero-order valence-electron chi connectivity index (χ0n) is 16.5. The minimum absolute atomic E-state index is 0.0972. The SMILES string of the molecule is C[C@H](C(=O)O)c1cccc(C(=O)c2ccccc2)c1.NCCCC[C@H](N)C(=O)O. The van der Waals surface area contributed by atoms with Crippen LogP contribution in [0, 0.1) is 0 Å². The van der Waals surface area contributed by atoms with Gasteiger partial charge in [0.15, 0.2) is 5.78 Å². The molecule has 7 heteroatoms. The van der Waals surface area contributed by atoms with Crippen molar-refractivity contribution in [3.8, 4) is 0 Å². The molecular formula is C22H28N2O5. The average molecular weight is 400 g/mol. The third kappa shape index (κ3) is 8.25. The van der Waals surface area contributed by atoms with Gasteiger partial charge in [0, 0.05) is 11.1 Å². The van der Waals surface area contributed by atoms with Crippen LogP contribution in [0.5, 0.6) is 0 Å². The minimum Gasteiger partial charge on any atom is -0.481 e. The Bertz CT molecular complexity index is 808. The summed E-state index contributed by atoms with van der Waals surface area (Å²) < 4.78 is 0. The lowest BCUT2D eigenvalue weighted by Gasteiger charge is -2.08. The molecule has 2 aromatic carbocycles. The van der Waals surface area contributed by atoms with E-state index in [0.29, 0.717) is 29.7 Å². The van der Waals surface area contributed by atoms with Crippen LogP contribution < -0.4 is 11.5 Å². The Morgan fingerprint density at radius 1 is 0.897 bits per heavy atom. The van der Waals surface area contributed by atoms with E-state index >= 15 is 0 Å². The third-order valence-corrected chi connectivity index (χ3v) is 4.34. The summed E-state index contributed by atoms with van der Waals surface area (Å²) in [5.74, 6) is -2.55. The Hall–Kier alpha value is -3.03. The van der Waals surface area contributed by atoms with Gasteiger partial charge in [-0.3, -0.25) is 14.4 Å². The van der Waals surface area contributed by atoms with Gasteiger partial charge in [-0.25, -0.2) is 0 Å². The molecule has 0 aliphatic rings. The fraction of sp³-hybridized carbons (Fsp3) is 0.318. The van der Waals surface area contributed by atoms with E-state index in [1.807, 2.05) is 6.07 Å². The van der Waals surface area contributed by atoms with E-state index in [4.69, 9.17) is 21.7 Å². The van der Waals surface area contributed by atoms with Gasteiger partial charge in [-0.05, 0) is 37.9 Å². The lowest BCUT2D eigenvalue weighted by atomic mass is 9.96. The summed E-state index contributed by atoms with van der Waals surface area (Å²) in [6.45, 7) is 2.21. The number of unbranched alkanes of at least 4 members (excludes halogenated alkanes) is 1. The van der Waals surface area contributed by atoms with Gasteiger partial charge in [0.05, 0.1) is 5.92 Å². The van der Waals surface area contributed by atoms with E-state index in [1.54, 1.807) is 55.5 Å². The molecular weight excluding hydrogens is 372 g/mol. The second kappa shape index (κ2) is 12.4. The Balaban J connectivity index is 0.000000359. The maximum atomic E-state index is 12.2. The van der Waals surface area contributed by atoms with E-state index < -0.39 is 23.9 Å². The van der Waals surface area contributed by atoms with Crippen molar-refractivity contribution in [1.29, 1.82) is 0 Å². The van der Waals surface area contributed by atoms with Gasteiger partial charge in [-0.2, -0.15) is 0 Å². The number of aliphatic carboxylic acids is 2. The van der Waals surface area contributed by atoms with Crippen LogP contribution in [0.3, 0.4) is 0 Å². The lowest BCUT2D eigenvalue weighted by Crippen LogP contribution is -2.29. The standard InChI is InChI=1S/C16H14O3.C6H14N2O2/c1-11(16(18)19)13-8-5-9-14(10-13)15(17)12-6-3-2-4-7-12;7-4-2-1-3-5(8)6(9)10/h2-11H,1H3,(H,18,19);5H,1-4,7-8H2,(H,9,10)/t11-;5-/m00/s1. The number of ketones is 1. The summed E-state index contributed by atoms with van der Waals surface area (Å²) in [5, 5.41) is 17.3. The van der Waals surface area contributed by atoms with Crippen LogP contribution in [0.15, 0.2) is 54.6 Å². The van der Waals surface area contributed by atoms with E-state index in [-0.39, 0.29) is 5.78 Å². The van der Waals surface area contributed by atoms with E-state index in [1.165, 1.54) is 0 Å². The molecule has 7 nitrogen and oxygen atoms in total. The van der Waals surface area contributed by atoms with Crippen LogP contribution in [0.4, 0.5) is 0 Å². The fourth-order valence-electron chi connectivity index (χ4n) is 2.48.